The van der Waals surface area contributed by atoms with Gasteiger partial charge in [-0.05, 0) is 24.3 Å². The van der Waals surface area contributed by atoms with E-state index in [1.54, 1.807) is 17.0 Å². The third kappa shape index (κ3) is 4.36. The van der Waals surface area contributed by atoms with E-state index >= 15 is 0 Å². The van der Waals surface area contributed by atoms with Crippen LogP contribution < -0.4 is 9.62 Å². The molecule has 3 heterocycles. The number of sulfonamides is 1. The summed E-state index contributed by atoms with van der Waals surface area (Å²) in [6.07, 6.45) is -3.47. The van der Waals surface area contributed by atoms with Crippen molar-refractivity contribution in [1.29, 1.82) is 0 Å². The van der Waals surface area contributed by atoms with Crippen molar-refractivity contribution in [1.82, 2.24) is 9.97 Å². The van der Waals surface area contributed by atoms with Gasteiger partial charge in [-0.2, -0.15) is 21.6 Å². The lowest BCUT2D eigenvalue weighted by molar-refractivity contribution is -0.137. The number of nitrogens with one attached hydrogen (secondary N) is 1. The lowest BCUT2D eigenvalue weighted by Crippen LogP contribution is -2.51. The largest absolute Gasteiger partial charge is 0.418 e. The molecule has 0 spiro atoms. The van der Waals surface area contributed by atoms with Crippen LogP contribution in [0.5, 0.6) is 0 Å². The van der Waals surface area contributed by atoms with Gasteiger partial charge in [-0.1, -0.05) is 29.8 Å². The van der Waals surface area contributed by atoms with E-state index in [0.29, 0.717) is 6.20 Å². The number of halogens is 4. The van der Waals surface area contributed by atoms with Crippen LogP contribution in [0.2, 0.25) is 5.02 Å². The molecule has 0 atom stereocenters. The van der Waals surface area contributed by atoms with Gasteiger partial charge < -0.3 is 10.0 Å². The molecule has 0 aliphatic carbocycles. The fraction of sp³-hybridized carbons (Fsp3) is 0.200. The minimum Gasteiger partial charge on any atom is -0.389 e. The predicted octanol–water partition coefficient (Wildman–Crippen LogP) is 3.80. The highest BCUT2D eigenvalue weighted by Crippen LogP contribution is 2.40. The second-order valence-corrected chi connectivity index (χ2v) is 9.09. The van der Waals surface area contributed by atoms with Gasteiger partial charge in [0.1, 0.15) is 5.82 Å². The zero-order valence-electron chi connectivity index (χ0n) is 16.2. The molecule has 1 saturated heterocycles. The summed E-state index contributed by atoms with van der Waals surface area (Å²) in [5, 5.41) is 9.27. The van der Waals surface area contributed by atoms with Crippen LogP contribution in [-0.2, 0) is 16.2 Å². The first-order valence-electron chi connectivity index (χ1n) is 9.29. The minimum absolute atomic E-state index is 0.0707. The Labute approximate surface area is 186 Å². The minimum atomic E-state index is -4.73. The molecule has 168 valence electrons. The average molecular weight is 485 g/mol. The van der Waals surface area contributed by atoms with Gasteiger partial charge >= 0.3 is 6.18 Å². The zero-order chi connectivity index (χ0) is 23.1. The number of β-amino-alcohol motifs (C(OH)–C–C–N with tert-alkyl or cyclic N) is 1. The molecular weight excluding hydrogens is 469 g/mol. The molecule has 32 heavy (non-hydrogen) atoms. The second kappa shape index (κ2) is 8.23. The van der Waals surface area contributed by atoms with E-state index in [1.165, 1.54) is 30.5 Å². The molecule has 3 aromatic rings. The van der Waals surface area contributed by atoms with Gasteiger partial charge in [0.2, 0.25) is 0 Å². The maximum atomic E-state index is 13.6. The zero-order valence-corrected chi connectivity index (χ0v) is 17.8. The number of anilines is 2. The normalized spacial score (nSPS) is 14.8. The lowest BCUT2D eigenvalue weighted by Gasteiger charge is -2.38. The van der Waals surface area contributed by atoms with Gasteiger partial charge in [0.05, 0.1) is 17.4 Å². The summed E-state index contributed by atoms with van der Waals surface area (Å²) in [5.41, 5.74) is -1.02. The number of aliphatic hydroxyl groups is 1. The van der Waals surface area contributed by atoms with Crippen molar-refractivity contribution in [2.45, 2.75) is 17.3 Å². The summed E-state index contributed by atoms with van der Waals surface area (Å²) >= 11 is 6.09. The molecule has 1 aromatic carbocycles. The molecule has 0 bridgehead atoms. The smallest absolute Gasteiger partial charge is 0.389 e. The fourth-order valence-electron chi connectivity index (χ4n) is 3.31. The summed E-state index contributed by atoms with van der Waals surface area (Å²) < 4.78 is 68.9. The quantitative estimate of drug-likeness (QED) is 0.572. The van der Waals surface area contributed by atoms with Gasteiger partial charge in [-0.25, -0.2) is 9.97 Å². The Morgan fingerprint density at radius 3 is 2.47 bits per heavy atom. The Morgan fingerprint density at radius 1 is 1.09 bits per heavy atom. The van der Waals surface area contributed by atoms with Crippen LogP contribution in [0.1, 0.15) is 5.56 Å². The highest BCUT2D eigenvalue weighted by Gasteiger charge is 2.36. The van der Waals surface area contributed by atoms with Crippen LogP contribution in [0.3, 0.4) is 0 Å². The topological polar surface area (TPSA) is 95.4 Å². The van der Waals surface area contributed by atoms with Gasteiger partial charge in [0.25, 0.3) is 10.0 Å². The first-order chi connectivity index (χ1) is 15.1. The maximum Gasteiger partial charge on any atom is 0.418 e. The van der Waals surface area contributed by atoms with E-state index in [9.17, 15) is 26.7 Å². The van der Waals surface area contributed by atoms with Crippen LogP contribution in [0.25, 0.3) is 11.1 Å². The van der Waals surface area contributed by atoms with Crippen molar-refractivity contribution in [2.24, 2.45) is 0 Å². The second-order valence-electron chi connectivity index (χ2n) is 7.08. The SMILES string of the molecule is O=S(=O)(Nc1cc(-c2ccccc2Cl)c(C(F)(F)F)cn1)c1ncccc1N1CC(O)C1. The first-order valence-corrected chi connectivity index (χ1v) is 11.2. The molecule has 12 heteroatoms. The molecule has 4 rings (SSSR count). The molecule has 1 aliphatic heterocycles. The van der Waals surface area contributed by atoms with Crippen molar-refractivity contribution in [2.75, 3.05) is 22.7 Å². The molecule has 7 nitrogen and oxygen atoms in total. The van der Waals surface area contributed by atoms with Crippen molar-refractivity contribution in [3.63, 3.8) is 0 Å². The van der Waals surface area contributed by atoms with Gasteiger partial charge in [-0.3, -0.25) is 4.72 Å². The van der Waals surface area contributed by atoms with E-state index < -0.39 is 27.9 Å². The summed E-state index contributed by atoms with van der Waals surface area (Å²) in [6, 6.07) is 9.98. The Morgan fingerprint density at radius 2 is 1.81 bits per heavy atom. The fourth-order valence-corrected chi connectivity index (χ4v) is 4.70. The molecular formula is C20H16ClF3N4O3S. The van der Waals surface area contributed by atoms with E-state index in [4.69, 9.17) is 11.6 Å². The van der Waals surface area contributed by atoms with Crippen molar-refractivity contribution in [3.05, 3.63) is 65.4 Å². The molecule has 2 N–H and O–H groups in total. The molecule has 0 unspecified atom stereocenters. The first kappa shape index (κ1) is 22.3. The van der Waals surface area contributed by atoms with Crippen LogP contribution in [-0.4, -0.2) is 42.7 Å². The van der Waals surface area contributed by atoms with E-state index in [2.05, 4.69) is 14.7 Å². The lowest BCUT2D eigenvalue weighted by atomic mass is 10.0. The van der Waals surface area contributed by atoms with E-state index in [1.807, 2.05) is 0 Å². The van der Waals surface area contributed by atoms with Crippen LogP contribution in [0.4, 0.5) is 24.7 Å². The Kier molecular flexibility index (Phi) is 5.74. The predicted molar refractivity (Wildman–Crippen MR) is 113 cm³/mol. The van der Waals surface area contributed by atoms with Crippen LogP contribution >= 0.6 is 11.6 Å². The van der Waals surface area contributed by atoms with Gasteiger partial charge in [0.15, 0.2) is 5.03 Å². The van der Waals surface area contributed by atoms with Crippen molar-refractivity contribution in [3.8, 4) is 11.1 Å². The Balaban J connectivity index is 1.74. The monoisotopic (exact) mass is 484 g/mol. The maximum absolute atomic E-state index is 13.6. The molecule has 0 radical (unpaired) electrons. The van der Waals surface area contributed by atoms with Crippen LogP contribution in [0.15, 0.2) is 59.9 Å². The molecule has 2 aromatic heterocycles. The highest BCUT2D eigenvalue weighted by molar-refractivity contribution is 7.92. The van der Waals surface area contributed by atoms with Gasteiger partial charge in [-0.15, -0.1) is 0 Å². The number of pyridine rings is 2. The van der Waals surface area contributed by atoms with E-state index in [0.717, 1.165) is 6.07 Å². The molecule has 0 amide bonds. The summed E-state index contributed by atoms with van der Waals surface area (Å²) in [6.45, 7) is 0.479. The number of benzene rings is 1. The Bertz CT molecular complexity index is 1260. The van der Waals surface area contributed by atoms with Gasteiger partial charge in [0, 0.05) is 41.6 Å². The molecule has 0 saturated carbocycles. The number of aliphatic hydroxyl groups excluding tert-OH is 1. The van der Waals surface area contributed by atoms with Crippen LogP contribution in [0, 0.1) is 0 Å². The number of hydrogen-bond donors (Lipinski definition) is 2. The number of hydrogen-bond acceptors (Lipinski definition) is 6. The average Bonchev–Trinajstić information content (AvgIpc) is 2.71. The standard InChI is InChI=1S/C20H16ClF3N4O3S/c21-16-5-2-1-4-13(16)14-8-18(26-9-15(14)20(22,23)24)27-32(30,31)19-17(6-3-7-25-19)28-10-12(29)11-28/h1-9,12,29H,10-11H2,(H,26,27). The van der Waals surface area contributed by atoms with E-state index in [-0.39, 0.29) is 45.8 Å². The summed E-state index contributed by atoms with van der Waals surface area (Å²) in [4.78, 5) is 9.21. The number of alkyl halides is 3. The summed E-state index contributed by atoms with van der Waals surface area (Å²) in [5.74, 6) is -0.326. The van der Waals surface area contributed by atoms with Crippen molar-refractivity contribution >= 4 is 33.1 Å². The number of aromatic nitrogens is 2. The summed E-state index contributed by atoms with van der Waals surface area (Å²) in [7, 11) is -4.30. The Hall–Kier alpha value is -2.89. The highest BCUT2D eigenvalue weighted by atomic mass is 35.5. The van der Waals surface area contributed by atoms with Crippen molar-refractivity contribution < 1.29 is 26.7 Å². The molecule has 1 fully saturated rings. The third-order valence-corrected chi connectivity index (χ3v) is 6.45. The third-order valence-electron chi connectivity index (χ3n) is 4.82. The number of nitrogens with zero attached hydrogens (tertiary/aromatic N) is 3. The molecule has 1 aliphatic rings. The number of rotatable bonds is 5.